The largest absolute Gasteiger partial charge is 0.392 e. The van der Waals surface area contributed by atoms with Crippen LogP contribution in [0.3, 0.4) is 0 Å². The molecular weight excluding hydrogens is 285 g/mol. The highest BCUT2D eigenvalue weighted by atomic mass is 19.4. The average molecular weight is 304 g/mol. The van der Waals surface area contributed by atoms with E-state index in [9.17, 15) is 18.0 Å². The van der Waals surface area contributed by atoms with Gasteiger partial charge in [0.05, 0.1) is 12.1 Å². The van der Waals surface area contributed by atoms with Crippen LogP contribution in [0.1, 0.15) is 31.2 Å². The minimum Gasteiger partial charge on any atom is -0.384 e. The Morgan fingerprint density at radius 2 is 2.14 bits per heavy atom. The van der Waals surface area contributed by atoms with Crippen molar-refractivity contribution >= 4 is 11.7 Å². The van der Waals surface area contributed by atoms with Crippen molar-refractivity contribution in [3.05, 3.63) is 11.8 Å². The molecule has 0 aliphatic heterocycles. The Labute approximate surface area is 120 Å². The molecule has 118 valence electrons. The lowest BCUT2D eigenvalue weighted by atomic mass is 9.78. The lowest BCUT2D eigenvalue weighted by Crippen LogP contribution is -2.42. The van der Waals surface area contributed by atoms with Crippen LogP contribution in [0.25, 0.3) is 0 Å². The van der Waals surface area contributed by atoms with Gasteiger partial charge in [-0.2, -0.15) is 18.3 Å². The number of rotatable bonds is 3. The van der Waals surface area contributed by atoms with Gasteiger partial charge in [0.1, 0.15) is 5.82 Å². The normalized spacial score (nSPS) is 23.0. The maximum Gasteiger partial charge on any atom is 0.392 e. The molecule has 1 heterocycles. The summed E-state index contributed by atoms with van der Waals surface area (Å²) in [6, 6.07) is 0. The molecule has 1 aromatic rings. The van der Waals surface area contributed by atoms with Crippen molar-refractivity contribution in [3.8, 4) is 0 Å². The molecule has 5 nitrogen and oxygen atoms in total. The topological polar surface area (TPSA) is 72.9 Å². The number of hydrogen-bond donors (Lipinski definition) is 2. The number of hydrogen-bond acceptors (Lipinski definition) is 3. The van der Waals surface area contributed by atoms with Crippen LogP contribution in [0.5, 0.6) is 0 Å². The number of carbonyl (C=O) groups is 1. The quantitative estimate of drug-likeness (QED) is 0.897. The first-order chi connectivity index (χ1) is 9.80. The molecule has 0 saturated heterocycles. The van der Waals surface area contributed by atoms with Gasteiger partial charge in [-0.15, -0.1) is 0 Å². The standard InChI is InChI=1S/C13H19F3N4O/c1-20-11(17)8(7-19-20)6-18-12(21)9-4-2-3-5-10(9)13(14,15)16/h7,9-10H,2-6,17H2,1H3,(H,18,21). The van der Waals surface area contributed by atoms with Crippen LogP contribution in [0.4, 0.5) is 19.0 Å². The molecule has 21 heavy (non-hydrogen) atoms. The highest BCUT2D eigenvalue weighted by Gasteiger charge is 2.47. The molecular formula is C13H19F3N4O. The second-order valence-electron chi connectivity index (χ2n) is 5.44. The summed E-state index contributed by atoms with van der Waals surface area (Å²) < 4.78 is 40.4. The van der Waals surface area contributed by atoms with Gasteiger partial charge in [0.25, 0.3) is 0 Å². The van der Waals surface area contributed by atoms with Crippen molar-refractivity contribution in [2.45, 2.75) is 38.4 Å². The number of anilines is 1. The summed E-state index contributed by atoms with van der Waals surface area (Å²) in [7, 11) is 1.65. The molecule has 1 aliphatic carbocycles. The number of nitrogen functional groups attached to an aromatic ring is 1. The van der Waals surface area contributed by atoms with Gasteiger partial charge in [0.15, 0.2) is 0 Å². The number of nitrogens with one attached hydrogen (secondary N) is 1. The third kappa shape index (κ3) is 3.48. The lowest BCUT2D eigenvalue weighted by Gasteiger charge is -2.31. The third-order valence-corrected chi connectivity index (χ3v) is 4.04. The van der Waals surface area contributed by atoms with E-state index in [0.29, 0.717) is 24.2 Å². The SMILES string of the molecule is Cn1ncc(CNC(=O)C2CCCCC2C(F)(F)F)c1N. The van der Waals surface area contributed by atoms with Gasteiger partial charge >= 0.3 is 6.18 Å². The zero-order valence-electron chi connectivity index (χ0n) is 11.8. The fourth-order valence-electron chi connectivity index (χ4n) is 2.78. The van der Waals surface area contributed by atoms with Crippen molar-refractivity contribution in [2.24, 2.45) is 18.9 Å². The van der Waals surface area contributed by atoms with Crippen molar-refractivity contribution < 1.29 is 18.0 Å². The molecule has 1 aromatic heterocycles. The summed E-state index contributed by atoms with van der Waals surface area (Å²) in [5, 5.41) is 6.47. The average Bonchev–Trinajstić information content (AvgIpc) is 2.75. The van der Waals surface area contributed by atoms with Gasteiger partial charge < -0.3 is 11.1 Å². The smallest absolute Gasteiger partial charge is 0.384 e. The summed E-state index contributed by atoms with van der Waals surface area (Å²) in [4.78, 5) is 12.1. The molecule has 1 amide bonds. The Balaban J connectivity index is 1.99. The summed E-state index contributed by atoms with van der Waals surface area (Å²) in [5.41, 5.74) is 6.34. The molecule has 1 aliphatic rings. The van der Waals surface area contributed by atoms with E-state index in [1.54, 1.807) is 7.05 Å². The summed E-state index contributed by atoms with van der Waals surface area (Å²) >= 11 is 0. The van der Waals surface area contributed by atoms with E-state index in [1.165, 1.54) is 10.9 Å². The Morgan fingerprint density at radius 3 is 2.71 bits per heavy atom. The Bertz CT molecular complexity index is 512. The number of carbonyl (C=O) groups excluding carboxylic acids is 1. The molecule has 2 rings (SSSR count). The molecule has 0 radical (unpaired) electrons. The predicted octanol–water partition coefficient (Wildman–Crippen LogP) is 1.99. The second kappa shape index (κ2) is 5.95. The van der Waals surface area contributed by atoms with Crippen LogP contribution in [-0.4, -0.2) is 21.9 Å². The molecule has 2 unspecified atom stereocenters. The van der Waals surface area contributed by atoms with E-state index < -0.39 is 23.9 Å². The van der Waals surface area contributed by atoms with Crippen LogP contribution in [0, 0.1) is 11.8 Å². The maximum absolute atomic E-state index is 13.0. The van der Waals surface area contributed by atoms with E-state index in [4.69, 9.17) is 5.73 Å². The number of halogens is 3. The fourth-order valence-corrected chi connectivity index (χ4v) is 2.78. The molecule has 2 atom stereocenters. The van der Waals surface area contributed by atoms with Crippen molar-refractivity contribution in [2.75, 3.05) is 5.73 Å². The zero-order valence-corrected chi connectivity index (χ0v) is 11.8. The Hall–Kier alpha value is -1.73. The van der Waals surface area contributed by atoms with Gasteiger partial charge in [-0.25, -0.2) is 0 Å². The van der Waals surface area contributed by atoms with Gasteiger partial charge in [-0.3, -0.25) is 9.48 Å². The van der Waals surface area contributed by atoms with E-state index >= 15 is 0 Å². The fraction of sp³-hybridized carbons (Fsp3) is 0.692. The first-order valence-electron chi connectivity index (χ1n) is 6.91. The molecule has 3 N–H and O–H groups in total. The maximum atomic E-state index is 13.0. The number of amides is 1. The predicted molar refractivity (Wildman–Crippen MR) is 71.0 cm³/mol. The number of aryl methyl sites for hydroxylation is 1. The minimum atomic E-state index is -4.32. The highest BCUT2D eigenvalue weighted by Crippen LogP contribution is 2.41. The van der Waals surface area contributed by atoms with E-state index in [1.807, 2.05) is 0 Å². The number of aromatic nitrogens is 2. The second-order valence-corrected chi connectivity index (χ2v) is 5.44. The molecule has 1 saturated carbocycles. The summed E-state index contributed by atoms with van der Waals surface area (Å²) in [6.07, 6.45) is -1.36. The van der Waals surface area contributed by atoms with Gasteiger partial charge in [0, 0.05) is 25.1 Å². The van der Waals surface area contributed by atoms with Gasteiger partial charge in [-0.1, -0.05) is 12.8 Å². The van der Waals surface area contributed by atoms with Crippen LogP contribution in [-0.2, 0) is 18.4 Å². The molecule has 0 aromatic carbocycles. The lowest BCUT2D eigenvalue weighted by molar-refractivity contribution is -0.198. The van der Waals surface area contributed by atoms with Crippen LogP contribution in [0.2, 0.25) is 0 Å². The summed E-state index contributed by atoms with van der Waals surface area (Å²) in [6.45, 7) is 0.0968. The minimum absolute atomic E-state index is 0.0244. The number of nitrogens with two attached hydrogens (primary N) is 1. The van der Waals surface area contributed by atoms with Crippen LogP contribution in [0.15, 0.2) is 6.20 Å². The van der Waals surface area contributed by atoms with E-state index in [2.05, 4.69) is 10.4 Å². The highest BCUT2D eigenvalue weighted by molar-refractivity contribution is 5.79. The number of alkyl halides is 3. The van der Waals surface area contributed by atoms with E-state index in [-0.39, 0.29) is 19.4 Å². The van der Waals surface area contributed by atoms with Crippen molar-refractivity contribution in [3.63, 3.8) is 0 Å². The van der Waals surface area contributed by atoms with E-state index in [0.717, 1.165) is 0 Å². The molecule has 1 fully saturated rings. The van der Waals surface area contributed by atoms with Crippen molar-refractivity contribution in [1.82, 2.24) is 15.1 Å². The molecule has 0 spiro atoms. The Morgan fingerprint density at radius 1 is 1.48 bits per heavy atom. The first-order valence-corrected chi connectivity index (χ1v) is 6.91. The van der Waals surface area contributed by atoms with Crippen LogP contribution >= 0.6 is 0 Å². The number of nitrogens with zero attached hydrogens (tertiary/aromatic N) is 2. The first kappa shape index (κ1) is 15.7. The van der Waals surface area contributed by atoms with Crippen LogP contribution < -0.4 is 11.1 Å². The molecule has 0 bridgehead atoms. The third-order valence-electron chi connectivity index (χ3n) is 4.04. The van der Waals surface area contributed by atoms with Crippen molar-refractivity contribution in [1.29, 1.82) is 0 Å². The summed E-state index contributed by atoms with van der Waals surface area (Å²) in [5.74, 6) is -2.71. The van der Waals surface area contributed by atoms with Gasteiger partial charge in [-0.05, 0) is 12.8 Å². The molecule has 8 heteroatoms. The monoisotopic (exact) mass is 304 g/mol. The Kier molecular flexibility index (Phi) is 4.43. The van der Waals surface area contributed by atoms with Gasteiger partial charge in [0.2, 0.25) is 5.91 Å². The zero-order chi connectivity index (χ0) is 15.6.